The molecule has 4 unspecified atom stereocenters. The lowest BCUT2D eigenvalue weighted by Crippen LogP contribution is -2.30. The molecule has 0 rings (SSSR count). The van der Waals surface area contributed by atoms with Crippen molar-refractivity contribution >= 4 is 39.5 Å². The van der Waals surface area contributed by atoms with E-state index in [0.29, 0.717) is 31.6 Å². The van der Waals surface area contributed by atoms with Crippen molar-refractivity contribution in [1.82, 2.24) is 0 Å². The van der Waals surface area contributed by atoms with Crippen molar-refractivity contribution in [3.8, 4) is 0 Å². The van der Waals surface area contributed by atoms with Crippen molar-refractivity contribution in [2.24, 2.45) is 23.7 Å². The maximum atomic E-state index is 13.1. The third-order valence-electron chi connectivity index (χ3n) is 18.9. The molecular weight excluding hydrogens is 1290 g/mol. The summed E-state index contributed by atoms with van der Waals surface area (Å²) in [5.41, 5.74) is 0. The van der Waals surface area contributed by atoms with Crippen LogP contribution in [0.4, 0.5) is 0 Å². The highest BCUT2D eigenvalue weighted by Gasteiger charge is 2.30. The Morgan fingerprint density at radius 1 is 0.283 bits per heavy atom. The Labute approximate surface area is 607 Å². The van der Waals surface area contributed by atoms with E-state index in [1.807, 2.05) is 0 Å². The number of aliphatic hydroxyl groups excluding tert-OH is 1. The molecule has 0 aromatic heterocycles. The van der Waals surface area contributed by atoms with Gasteiger partial charge in [-0.05, 0) is 49.4 Å². The molecule has 6 atom stereocenters. The minimum absolute atomic E-state index is 0.104. The van der Waals surface area contributed by atoms with E-state index in [2.05, 4.69) is 55.4 Å². The Morgan fingerprint density at radius 3 is 0.717 bits per heavy atom. The van der Waals surface area contributed by atoms with E-state index in [9.17, 15) is 43.2 Å². The molecule has 0 aliphatic rings. The van der Waals surface area contributed by atoms with Crippen LogP contribution in [0.3, 0.4) is 0 Å². The van der Waals surface area contributed by atoms with Crippen LogP contribution < -0.4 is 0 Å². The molecule has 0 saturated carbocycles. The number of hydrogen-bond acceptors (Lipinski definition) is 15. The molecule has 588 valence electrons. The summed E-state index contributed by atoms with van der Waals surface area (Å²) in [5, 5.41) is 10.6. The number of rotatable bonds is 77. The van der Waals surface area contributed by atoms with E-state index in [1.54, 1.807) is 0 Å². The first kappa shape index (κ1) is 97.1. The summed E-state index contributed by atoms with van der Waals surface area (Å²) in [4.78, 5) is 72.9. The van der Waals surface area contributed by atoms with E-state index in [1.165, 1.54) is 205 Å². The van der Waals surface area contributed by atoms with Gasteiger partial charge in [0.2, 0.25) is 0 Å². The topological polar surface area (TPSA) is 237 Å². The molecule has 0 saturated heterocycles. The second-order valence-corrected chi connectivity index (χ2v) is 33.4. The summed E-state index contributed by atoms with van der Waals surface area (Å²) >= 11 is 0. The summed E-state index contributed by atoms with van der Waals surface area (Å²) in [6, 6.07) is 0. The van der Waals surface area contributed by atoms with Crippen molar-refractivity contribution in [3.63, 3.8) is 0 Å². The molecule has 0 bridgehead atoms. The lowest BCUT2D eigenvalue weighted by atomic mass is 9.99. The monoisotopic (exact) mass is 1450 g/mol. The number of hydrogen-bond donors (Lipinski definition) is 3. The molecule has 0 radical (unpaired) electrons. The Morgan fingerprint density at radius 2 is 0.485 bits per heavy atom. The van der Waals surface area contributed by atoms with E-state index in [-0.39, 0.29) is 25.7 Å². The van der Waals surface area contributed by atoms with Gasteiger partial charge < -0.3 is 33.8 Å². The summed E-state index contributed by atoms with van der Waals surface area (Å²) in [7, 11) is -9.92. The van der Waals surface area contributed by atoms with Gasteiger partial charge in [0, 0.05) is 25.7 Å². The van der Waals surface area contributed by atoms with Gasteiger partial charge in [0.25, 0.3) is 0 Å². The summed E-state index contributed by atoms with van der Waals surface area (Å²) in [6.45, 7) is 14.2. The smallest absolute Gasteiger partial charge is 0.462 e. The SMILES string of the molecule is CCC(C)CCCCCCCCCCCCCCCCCCCCC(=O)O[C@H](COC(=O)CCCCCCCCCCCCCCC(C)C)COP(=O)(O)OCC(O)COP(=O)(O)OC[C@@H](COC(=O)CCCCCCCCCC(C)C)OC(=O)CCCCCCCCCCCC(C)C. The zero-order valence-electron chi connectivity index (χ0n) is 65.1. The average Bonchev–Trinajstić information content (AvgIpc) is 3.70. The number of carbonyl (C=O) groups excluding carboxylic acids is 4. The molecule has 0 fully saturated rings. The van der Waals surface area contributed by atoms with Crippen molar-refractivity contribution in [3.05, 3.63) is 0 Å². The van der Waals surface area contributed by atoms with E-state index in [0.717, 1.165) is 114 Å². The summed E-state index contributed by atoms with van der Waals surface area (Å²) < 4.78 is 68.6. The molecule has 0 aliphatic heterocycles. The molecule has 0 amide bonds. The van der Waals surface area contributed by atoms with Crippen LogP contribution in [-0.4, -0.2) is 96.7 Å². The number of ether oxygens (including phenoxy) is 4. The lowest BCUT2D eigenvalue weighted by molar-refractivity contribution is -0.161. The number of carbonyl (C=O) groups is 4. The number of unbranched alkanes of at least 4 members (excludes halogenated alkanes) is 42. The quantitative estimate of drug-likeness (QED) is 0.0222. The molecule has 0 aliphatic carbocycles. The number of esters is 4. The fraction of sp³-hybridized carbons (Fsp3) is 0.950. The number of phosphoric acid groups is 2. The molecular formula is C80H156O17P2. The van der Waals surface area contributed by atoms with Gasteiger partial charge in [-0.2, -0.15) is 0 Å². The largest absolute Gasteiger partial charge is 0.472 e. The van der Waals surface area contributed by atoms with Crippen LogP contribution in [0.1, 0.15) is 409 Å². The highest BCUT2D eigenvalue weighted by Crippen LogP contribution is 2.45. The van der Waals surface area contributed by atoms with Crippen molar-refractivity contribution < 1.29 is 80.2 Å². The Bertz CT molecular complexity index is 1940. The van der Waals surface area contributed by atoms with Crippen molar-refractivity contribution in [1.29, 1.82) is 0 Å². The first-order valence-corrected chi connectivity index (χ1v) is 44.2. The normalized spacial score (nSPS) is 14.3. The average molecular weight is 1450 g/mol. The predicted molar refractivity (Wildman–Crippen MR) is 404 cm³/mol. The second kappa shape index (κ2) is 69.1. The highest BCUT2D eigenvalue weighted by molar-refractivity contribution is 7.47. The standard InChI is InChI=1S/C80H156O17P2/c1-9-73(8)59-51-43-35-27-21-16-14-12-10-11-13-15-17-23-29-37-46-54-62-79(84)96-75(66-90-77(82)60-52-44-36-28-22-19-18-20-25-32-40-48-56-70(2)3)68-94-98(86,87)92-64-74(81)65-93-99(88,89)95-69-76(67-91-78(83)61-53-45-39-31-34-42-50-58-72(6)7)97-80(85)63-55-47-38-30-24-26-33-41-49-57-71(4)5/h70-76,81H,9-69H2,1-8H3,(H,86,87)(H,88,89)/t73?,74?,75-,76-/m1/s1. The third-order valence-corrected chi connectivity index (χ3v) is 20.8. The number of phosphoric ester groups is 2. The minimum atomic E-state index is -4.96. The van der Waals surface area contributed by atoms with Gasteiger partial charge in [-0.3, -0.25) is 37.3 Å². The fourth-order valence-electron chi connectivity index (χ4n) is 12.2. The van der Waals surface area contributed by atoms with E-state index in [4.69, 9.17) is 37.0 Å². The van der Waals surface area contributed by atoms with E-state index < -0.39 is 97.5 Å². The highest BCUT2D eigenvalue weighted by atomic mass is 31.2. The molecule has 3 N–H and O–H groups in total. The zero-order chi connectivity index (χ0) is 73.1. The first-order valence-electron chi connectivity index (χ1n) is 41.2. The molecule has 99 heavy (non-hydrogen) atoms. The Balaban J connectivity index is 5.21. The summed E-state index contributed by atoms with van der Waals surface area (Å²) in [5.74, 6) is 0.977. The van der Waals surface area contributed by atoms with Crippen LogP contribution in [0, 0.1) is 23.7 Å². The van der Waals surface area contributed by atoms with Crippen LogP contribution >= 0.6 is 15.6 Å². The van der Waals surface area contributed by atoms with Gasteiger partial charge in [0.15, 0.2) is 12.2 Å². The van der Waals surface area contributed by atoms with E-state index >= 15 is 0 Å². The molecule has 0 aromatic rings. The van der Waals surface area contributed by atoms with Crippen molar-refractivity contribution in [2.75, 3.05) is 39.6 Å². The molecule has 0 heterocycles. The zero-order valence-corrected chi connectivity index (χ0v) is 66.9. The second-order valence-electron chi connectivity index (χ2n) is 30.5. The maximum absolute atomic E-state index is 13.1. The summed E-state index contributed by atoms with van der Waals surface area (Å²) in [6.07, 6.45) is 55.7. The first-order chi connectivity index (χ1) is 47.6. The maximum Gasteiger partial charge on any atom is 0.472 e. The van der Waals surface area contributed by atoms with Crippen LogP contribution in [0.5, 0.6) is 0 Å². The van der Waals surface area contributed by atoms with Crippen LogP contribution in [0.25, 0.3) is 0 Å². The predicted octanol–water partition coefficient (Wildman–Crippen LogP) is 23.6. The number of aliphatic hydroxyl groups is 1. The molecule has 0 aromatic carbocycles. The van der Waals surface area contributed by atoms with Gasteiger partial charge >= 0.3 is 39.5 Å². The third kappa shape index (κ3) is 72.8. The Hall–Kier alpha value is -1.94. The van der Waals surface area contributed by atoms with Crippen LogP contribution in [0.2, 0.25) is 0 Å². The van der Waals surface area contributed by atoms with Crippen molar-refractivity contribution in [2.45, 2.75) is 427 Å². The lowest BCUT2D eigenvalue weighted by Gasteiger charge is -2.21. The van der Waals surface area contributed by atoms with Gasteiger partial charge in [-0.15, -0.1) is 0 Å². The van der Waals surface area contributed by atoms with Gasteiger partial charge in [-0.25, -0.2) is 9.13 Å². The van der Waals surface area contributed by atoms with Gasteiger partial charge in [-0.1, -0.05) is 357 Å². The molecule has 19 heteroatoms. The van der Waals surface area contributed by atoms with Gasteiger partial charge in [0.1, 0.15) is 19.3 Å². The Kier molecular flexibility index (Phi) is 67.8. The fourth-order valence-corrected chi connectivity index (χ4v) is 13.8. The molecule has 0 spiro atoms. The van der Waals surface area contributed by atoms with Crippen LogP contribution in [-0.2, 0) is 65.4 Å². The minimum Gasteiger partial charge on any atom is -0.462 e. The van der Waals surface area contributed by atoms with Gasteiger partial charge in [0.05, 0.1) is 26.4 Å². The molecule has 17 nitrogen and oxygen atoms in total. The van der Waals surface area contributed by atoms with Crippen LogP contribution in [0.15, 0.2) is 0 Å².